The van der Waals surface area contributed by atoms with E-state index in [4.69, 9.17) is 0 Å². The first-order valence-corrected chi connectivity index (χ1v) is 7.11. The second kappa shape index (κ2) is 5.68. The maximum Gasteiger partial charge on any atom is 0.0892 e. The molecule has 5 nitrogen and oxygen atoms in total. The Labute approximate surface area is 125 Å². The molecule has 20 heavy (non-hydrogen) atoms. The second-order valence-electron chi connectivity index (χ2n) is 4.56. The van der Waals surface area contributed by atoms with Gasteiger partial charge in [0.2, 0.25) is 0 Å². The van der Waals surface area contributed by atoms with E-state index in [1.54, 1.807) is 12.4 Å². The molecule has 0 amide bonds. The van der Waals surface area contributed by atoms with Crippen LogP contribution in [0.4, 0.5) is 0 Å². The van der Waals surface area contributed by atoms with Crippen molar-refractivity contribution in [3.8, 4) is 0 Å². The van der Waals surface area contributed by atoms with Gasteiger partial charge < -0.3 is 5.32 Å². The largest absolute Gasteiger partial charge is 0.313 e. The Morgan fingerprint density at radius 3 is 2.95 bits per heavy atom. The third kappa shape index (κ3) is 2.57. The number of hydrogen-bond acceptors (Lipinski definition) is 4. The van der Waals surface area contributed by atoms with Crippen LogP contribution in [0, 0.1) is 0 Å². The van der Waals surface area contributed by atoms with E-state index in [1.807, 2.05) is 36.4 Å². The molecule has 0 saturated heterocycles. The van der Waals surface area contributed by atoms with Crippen molar-refractivity contribution in [3.63, 3.8) is 0 Å². The molecule has 0 spiro atoms. The molecule has 0 aromatic carbocycles. The first-order valence-electron chi connectivity index (χ1n) is 6.32. The van der Waals surface area contributed by atoms with E-state index < -0.39 is 0 Å². The summed E-state index contributed by atoms with van der Waals surface area (Å²) in [5.41, 5.74) is 3.33. The van der Waals surface area contributed by atoms with Crippen LogP contribution >= 0.6 is 15.9 Å². The highest BCUT2D eigenvalue weighted by atomic mass is 79.9. The number of pyridine rings is 1. The Morgan fingerprint density at radius 1 is 1.25 bits per heavy atom. The maximum atomic E-state index is 4.36. The van der Waals surface area contributed by atoms with E-state index in [2.05, 4.69) is 42.4 Å². The highest BCUT2D eigenvalue weighted by Crippen LogP contribution is 2.22. The van der Waals surface area contributed by atoms with Crippen LogP contribution in [0.25, 0.3) is 5.52 Å². The predicted octanol–water partition coefficient (Wildman–Crippen LogP) is 2.39. The fraction of sp³-hybridized carbons (Fsp3) is 0.214. The SMILES string of the molecule is CNC(Cc1cncc(Br)c1)c1cnn2ccncc12. The number of aromatic nitrogens is 4. The highest BCUT2D eigenvalue weighted by molar-refractivity contribution is 9.10. The van der Waals surface area contributed by atoms with E-state index in [0.29, 0.717) is 0 Å². The normalized spacial score (nSPS) is 12.7. The van der Waals surface area contributed by atoms with Gasteiger partial charge in [0.05, 0.1) is 17.9 Å². The molecule has 0 bridgehead atoms. The highest BCUT2D eigenvalue weighted by Gasteiger charge is 2.15. The zero-order valence-corrected chi connectivity index (χ0v) is 12.6. The lowest BCUT2D eigenvalue weighted by Gasteiger charge is -2.15. The molecule has 3 aromatic heterocycles. The minimum absolute atomic E-state index is 0.174. The number of nitrogens with one attached hydrogen (secondary N) is 1. The summed E-state index contributed by atoms with van der Waals surface area (Å²) in [6, 6.07) is 2.26. The van der Waals surface area contributed by atoms with Gasteiger partial charge in [-0.3, -0.25) is 9.97 Å². The van der Waals surface area contributed by atoms with Crippen LogP contribution in [0.5, 0.6) is 0 Å². The van der Waals surface area contributed by atoms with Crippen molar-refractivity contribution in [2.45, 2.75) is 12.5 Å². The Hall–Kier alpha value is -1.79. The van der Waals surface area contributed by atoms with E-state index in [1.165, 1.54) is 5.56 Å². The number of rotatable bonds is 4. The maximum absolute atomic E-state index is 4.36. The molecule has 3 rings (SSSR count). The molecule has 0 aliphatic heterocycles. The number of fused-ring (bicyclic) bond motifs is 1. The van der Waals surface area contributed by atoms with E-state index in [9.17, 15) is 0 Å². The molecular formula is C14H14BrN5. The molecule has 0 aliphatic carbocycles. The molecule has 0 radical (unpaired) electrons. The number of halogens is 1. The van der Waals surface area contributed by atoms with Gasteiger partial charge in [-0.25, -0.2) is 4.52 Å². The van der Waals surface area contributed by atoms with Crippen LogP contribution in [0.15, 0.2) is 47.7 Å². The Bertz CT molecular complexity index is 724. The van der Waals surface area contributed by atoms with Crippen molar-refractivity contribution in [3.05, 3.63) is 58.8 Å². The summed E-state index contributed by atoms with van der Waals surface area (Å²) in [7, 11) is 1.95. The van der Waals surface area contributed by atoms with Crippen LogP contribution in [0.1, 0.15) is 17.2 Å². The first-order chi connectivity index (χ1) is 9.78. The van der Waals surface area contributed by atoms with Gasteiger partial charge in [-0.1, -0.05) is 0 Å². The Kier molecular flexibility index (Phi) is 3.75. The molecule has 0 aliphatic rings. The van der Waals surface area contributed by atoms with Crippen LogP contribution in [-0.4, -0.2) is 26.6 Å². The van der Waals surface area contributed by atoms with Gasteiger partial charge in [-0.15, -0.1) is 0 Å². The Morgan fingerprint density at radius 2 is 2.15 bits per heavy atom. The molecule has 3 heterocycles. The minimum Gasteiger partial charge on any atom is -0.313 e. The molecule has 3 aromatic rings. The average Bonchev–Trinajstić information content (AvgIpc) is 2.89. The molecule has 1 unspecified atom stereocenters. The van der Waals surface area contributed by atoms with Gasteiger partial charge >= 0.3 is 0 Å². The summed E-state index contributed by atoms with van der Waals surface area (Å²) in [4.78, 5) is 8.38. The molecule has 0 saturated carbocycles. The summed E-state index contributed by atoms with van der Waals surface area (Å²) >= 11 is 3.45. The predicted molar refractivity (Wildman–Crippen MR) is 80.4 cm³/mol. The fourth-order valence-electron chi connectivity index (χ4n) is 2.29. The third-order valence-electron chi connectivity index (χ3n) is 3.28. The second-order valence-corrected chi connectivity index (χ2v) is 5.48. The monoisotopic (exact) mass is 331 g/mol. The fourth-order valence-corrected chi connectivity index (χ4v) is 2.70. The lowest BCUT2D eigenvalue weighted by molar-refractivity contribution is 0.594. The van der Waals surface area contributed by atoms with Crippen LogP contribution in [0.3, 0.4) is 0 Å². The third-order valence-corrected chi connectivity index (χ3v) is 3.71. The summed E-state index contributed by atoms with van der Waals surface area (Å²) in [6.45, 7) is 0. The van der Waals surface area contributed by atoms with E-state index >= 15 is 0 Å². The first kappa shape index (κ1) is 13.2. The molecule has 102 valence electrons. The lowest BCUT2D eigenvalue weighted by atomic mass is 10.0. The molecule has 1 N–H and O–H groups in total. The van der Waals surface area contributed by atoms with Crippen molar-refractivity contribution in [2.24, 2.45) is 0 Å². The van der Waals surface area contributed by atoms with Crippen LogP contribution in [0.2, 0.25) is 0 Å². The molecule has 6 heteroatoms. The lowest BCUT2D eigenvalue weighted by Crippen LogP contribution is -2.18. The Balaban J connectivity index is 1.93. The van der Waals surface area contributed by atoms with Crippen molar-refractivity contribution in [1.82, 2.24) is 24.9 Å². The average molecular weight is 332 g/mol. The van der Waals surface area contributed by atoms with Crippen molar-refractivity contribution >= 4 is 21.4 Å². The van der Waals surface area contributed by atoms with Gasteiger partial charge in [0.25, 0.3) is 0 Å². The minimum atomic E-state index is 0.174. The quantitative estimate of drug-likeness (QED) is 0.797. The van der Waals surface area contributed by atoms with E-state index in [0.717, 1.165) is 22.0 Å². The zero-order chi connectivity index (χ0) is 13.9. The summed E-state index contributed by atoms with van der Waals surface area (Å²) in [6.07, 6.45) is 11.8. The number of hydrogen-bond donors (Lipinski definition) is 1. The van der Waals surface area contributed by atoms with E-state index in [-0.39, 0.29) is 6.04 Å². The smallest absolute Gasteiger partial charge is 0.0892 e. The van der Waals surface area contributed by atoms with Gasteiger partial charge in [0, 0.05) is 40.9 Å². The zero-order valence-electron chi connectivity index (χ0n) is 11.0. The van der Waals surface area contributed by atoms with Crippen molar-refractivity contribution in [2.75, 3.05) is 7.05 Å². The summed E-state index contributed by atoms with van der Waals surface area (Å²) in [5.74, 6) is 0. The topological polar surface area (TPSA) is 55.1 Å². The van der Waals surface area contributed by atoms with Gasteiger partial charge in [0.1, 0.15) is 0 Å². The van der Waals surface area contributed by atoms with Gasteiger partial charge in [0.15, 0.2) is 0 Å². The molecule has 0 fully saturated rings. The van der Waals surface area contributed by atoms with Gasteiger partial charge in [-0.2, -0.15) is 5.10 Å². The van der Waals surface area contributed by atoms with Crippen LogP contribution < -0.4 is 5.32 Å². The summed E-state index contributed by atoms with van der Waals surface area (Å²) < 4.78 is 2.83. The molecular weight excluding hydrogens is 318 g/mol. The molecule has 1 atom stereocenters. The summed E-state index contributed by atoms with van der Waals surface area (Å²) in [5, 5.41) is 7.70. The van der Waals surface area contributed by atoms with Gasteiger partial charge in [-0.05, 0) is 41.0 Å². The van der Waals surface area contributed by atoms with Crippen LogP contribution in [-0.2, 0) is 6.42 Å². The van der Waals surface area contributed by atoms with Crippen molar-refractivity contribution < 1.29 is 0 Å². The standard InChI is InChI=1S/C14H14BrN5/c1-16-13(5-10-4-11(15)7-18-6-10)12-8-19-20-3-2-17-9-14(12)20/h2-4,6-9,13,16H,5H2,1H3. The number of likely N-dealkylation sites (N-methyl/N-ethyl adjacent to an activating group) is 1. The number of nitrogens with zero attached hydrogens (tertiary/aromatic N) is 4. The van der Waals surface area contributed by atoms with Crippen molar-refractivity contribution in [1.29, 1.82) is 0 Å².